The molecule has 0 radical (unpaired) electrons. The second kappa shape index (κ2) is 13.3. The minimum Gasteiger partial charge on any atom is -0.455 e. The highest BCUT2D eigenvalue weighted by atomic mass is 32.2. The van der Waals surface area contributed by atoms with Crippen molar-refractivity contribution < 1.29 is 32.4 Å². The number of para-hydroxylation sites is 1. The molecule has 1 aliphatic heterocycles. The monoisotopic (exact) mass is 637 g/mol. The number of benzene rings is 2. The second-order valence-electron chi connectivity index (χ2n) is 10.5. The van der Waals surface area contributed by atoms with Crippen LogP contribution in [0.1, 0.15) is 10.4 Å². The largest absolute Gasteiger partial charge is 0.455 e. The molecule has 236 valence electrons. The molecule has 0 aliphatic carbocycles. The minimum absolute atomic E-state index is 0.0531. The molecule has 1 aliphatic rings. The number of aromatic amines is 1. The maximum Gasteiger partial charge on any atom is 0.293 e. The van der Waals surface area contributed by atoms with Gasteiger partial charge in [0.2, 0.25) is 5.91 Å². The van der Waals surface area contributed by atoms with E-state index in [1.54, 1.807) is 54.4 Å². The van der Waals surface area contributed by atoms with Gasteiger partial charge in [-0.05, 0) is 50.5 Å². The number of H-pyrrole nitrogens is 1. The maximum atomic E-state index is 13.2. The van der Waals surface area contributed by atoms with Gasteiger partial charge in [0.1, 0.15) is 22.8 Å². The number of hydrogen-bond donors (Lipinski definition) is 3. The number of carbonyl (C=O) groups excluding carboxylic acids is 2. The molecule has 0 saturated carbocycles. The van der Waals surface area contributed by atoms with Gasteiger partial charge in [0.25, 0.3) is 21.6 Å². The molecule has 0 spiro atoms. The third kappa shape index (κ3) is 7.54. The lowest BCUT2D eigenvalue weighted by atomic mass is 10.2. The van der Waals surface area contributed by atoms with Gasteiger partial charge in [-0.2, -0.15) is 0 Å². The number of amides is 2. The van der Waals surface area contributed by atoms with Crippen LogP contribution in [0.4, 0.5) is 11.4 Å². The van der Waals surface area contributed by atoms with Crippen LogP contribution in [0.2, 0.25) is 0 Å². The van der Waals surface area contributed by atoms with Crippen molar-refractivity contribution in [2.45, 2.75) is 11.0 Å². The smallest absolute Gasteiger partial charge is 0.293 e. The van der Waals surface area contributed by atoms with Gasteiger partial charge in [-0.3, -0.25) is 19.7 Å². The van der Waals surface area contributed by atoms with E-state index in [0.717, 1.165) is 17.5 Å². The van der Waals surface area contributed by atoms with Crippen LogP contribution in [-0.4, -0.2) is 97.9 Å². The zero-order chi connectivity index (χ0) is 32.1. The van der Waals surface area contributed by atoms with Gasteiger partial charge >= 0.3 is 0 Å². The molecule has 3 heterocycles. The fourth-order valence-corrected chi connectivity index (χ4v) is 5.71. The number of nitrogens with one attached hydrogen (secondary N) is 3. The fraction of sp³-hybridized carbons (Fsp3) is 0.276. The van der Waals surface area contributed by atoms with Crippen molar-refractivity contribution in [3.8, 4) is 11.5 Å². The van der Waals surface area contributed by atoms with E-state index >= 15 is 0 Å². The van der Waals surface area contributed by atoms with Gasteiger partial charge in [0.15, 0.2) is 0 Å². The predicted molar refractivity (Wildman–Crippen MR) is 164 cm³/mol. The Morgan fingerprint density at radius 1 is 1.20 bits per heavy atom. The minimum atomic E-state index is -4.53. The van der Waals surface area contributed by atoms with Crippen LogP contribution in [0.15, 0.2) is 71.9 Å². The molecule has 1 atom stereocenters. The van der Waals surface area contributed by atoms with Gasteiger partial charge in [-0.15, -0.1) is 0 Å². The number of anilines is 1. The van der Waals surface area contributed by atoms with Crippen LogP contribution in [0, 0.1) is 10.1 Å². The lowest BCUT2D eigenvalue weighted by Gasteiger charge is -2.33. The van der Waals surface area contributed by atoms with Crippen LogP contribution in [0.25, 0.3) is 11.0 Å². The Hall–Kier alpha value is -5.06. The molecular formula is C29H31N7O8S. The van der Waals surface area contributed by atoms with Crippen molar-refractivity contribution in [1.29, 1.82) is 0 Å². The van der Waals surface area contributed by atoms with Crippen molar-refractivity contribution in [3.63, 3.8) is 0 Å². The summed E-state index contributed by atoms with van der Waals surface area (Å²) in [6.07, 6.45) is 2.74. The molecule has 1 unspecified atom stereocenters. The molecule has 1 saturated heterocycles. The van der Waals surface area contributed by atoms with Crippen LogP contribution in [0.3, 0.4) is 0 Å². The highest BCUT2D eigenvalue weighted by molar-refractivity contribution is 7.90. The Morgan fingerprint density at radius 3 is 2.78 bits per heavy atom. The molecular weight excluding hydrogens is 606 g/mol. The van der Waals surface area contributed by atoms with Gasteiger partial charge in [-0.1, -0.05) is 12.1 Å². The lowest BCUT2D eigenvalue weighted by Crippen LogP contribution is -2.50. The number of fused-ring (bicyclic) bond motifs is 1. The molecule has 16 heteroatoms. The number of nitro groups is 1. The third-order valence-electron chi connectivity index (χ3n) is 6.90. The molecule has 4 aromatic rings. The Balaban J connectivity index is 1.28. The van der Waals surface area contributed by atoms with Crippen molar-refractivity contribution >= 4 is 44.2 Å². The number of hydrogen-bond acceptors (Lipinski definition) is 11. The number of ether oxygens (including phenoxy) is 2. The number of morpholine rings is 1. The standard InChI is InChI=1S/C29H31N7O8S/c1-34(2)18-27(37)35-11-12-43-21(17-35)16-31-24-8-7-22(14-25(24)36(39)40)45(41,42)33-29(38)23-5-3-4-6-26(23)44-20-13-19-9-10-30-28(19)32-15-20/h3-10,13-15,21,31H,11-12,16-18H2,1-2H3,(H,30,32)(H,33,38). The first kappa shape index (κ1) is 31.4. The number of likely N-dealkylation sites (N-methyl/N-ethyl adjacent to an activating group) is 1. The third-order valence-corrected chi connectivity index (χ3v) is 8.23. The summed E-state index contributed by atoms with van der Waals surface area (Å²) in [4.78, 5) is 46.9. The van der Waals surface area contributed by atoms with Crippen molar-refractivity contribution in [3.05, 3.63) is 82.7 Å². The number of sulfonamides is 1. The topological polar surface area (TPSA) is 189 Å². The van der Waals surface area contributed by atoms with E-state index in [1.165, 1.54) is 24.4 Å². The fourth-order valence-electron chi connectivity index (χ4n) is 4.72. The van der Waals surface area contributed by atoms with E-state index in [1.807, 2.05) is 4.72 Å². The number of rotatable bonds is 11. The lowest BCUT2D eigenvalue weighted by molar-refractivity contribution is -0.384. The van der Waals surface area contributed by atoms with E-state index in [-0.39, 0.29) is 36.0 Å². The summed E-state index contributed by atoms with van der Waals surface area (Å²) in [6, 6.07) is 12.8. The van der Waals surface area contributed by atoms with Gasteiger partial charge < -0.3 is 29.6 Å². The molecule has 15 nitrogen and oxygen atoms in total. The van der Waals surface area contributed by atoms with Crippen molar-refractivity contribution in [2.75, 3.05) is 52.2 Å². The van der Waals surface area contributed by atoms with Gasteiger partial charge in [-0.25, -0.2) is 18.1 Å². The molecule has 2 amide bonds. The van der Waals surface area contributed by atoms with E-state index in [0.29, 0.717) is 31.1 Å². The van der Waals surface area contributed by atoms with E-state index in [9.17, 15) is 28.1 Å². The van der Waals surface area contributed by atoms with Crippen LogP contribution >= 0.6 is 0 Å². The number of carbonyl (C=O) groups is 2. The first-order valence-corrected chi connectivity index (χ1v) is 15.3. The summed E-state index contributed by atoms with van der Waals surface area (Å²) in [5.74, 6) is -0.635. The first-order chi connectivity index (χ1) is 21.5. The molecule has 2 aromatic heterocycles. The summed E-state index contributed by atoms with van der Waals surface area (Å²) in [7, 11) is -0.940. The Kier molecular flexibility index (Phi) is 9.26. The molecule has 5 rings (SSSR count). The number of nitro benzene ring substituents is 1. The Bertz CT molecular complexity index is 1840. The van der Waals surface area contributed by atoms with Crippen LogP contribution < -0.4 is 14.8 Å². The normalized spacial score (nSPS) is 15.2. The molecule has 45 heavy (non-hydrogen) atoms. The number of nitrogens with zero attached hydrogens (tertiary/aromatic N) is 4. The highest BCUT2D eigenvalue weighted by Gasteiger charge is 2.27. The van der Waals surface area contributed by atoms with Crippen molar-refractivity contribution in [2.24, 2.45) is 0 Å². The summed E-state index contributed by atoms with van der Waals surface area (Å²) in [6.45, 7) is 1.45. The van der Waals surface area contributed by atoms with Crippen molar-refractivity contribution in [1.82, 2.24) is 24.5 Å². The Labute approximate surface area is 258 Å². The number of aromatic nitrogens is 2. The summed E-state index contributed by atoms with van der Waals surface area (Å²) < 4.78 is 39.9. The molecule has 2 aromatic carbocycles. The highest BCUT2D eigenvalue weighted by Crippen LogP contribution is 2.30. The first-order valence-electron chi connectivity index (χ1n) is 13.8. The maximum absolute atomic E-state index is 13.2. The van der Waals surface area contributed by atoms with E-state index < -0.39 is 37.5 Å². The predicted octanol–water partition coefficient (Wildman–Crippen LogP) is 2.58. The second-order valence-corrected chi connectivity index (χ2v) is 12.2. The molecule has 1 fully saturated rings. The van der Waals surface area contributed by atoms with Crippen LogP contribution in [0.5, 0.6) is 11.5 Å². The summed E-state index contributed by atoms with van der Waals surface area (Å²) in [5, 5.41) is 15.6. The van der Waals surface area contributed by atoms with E-state index in [4.69, 9.17) is 9.47 Å². The zero-order valence-electron chi connectivity index (χ0n) is 24.4. The average molecular weight is 638 g/mol. The molecule has 0 bridgehead atoms. The van der Waals surface area contributed by atoms with E-state index in [2.05, 4.69) is 15.3 Å². The quantitative estimate of drug-likeness (QED) is 0.162. The zero-order valence-corrected chi connectivity index (χ0v) is 25.2. The van der Waals surface area contributed by atoms with Gasteiger partial charge in [0.05, 0.1) is 40.8 Å². The summed E-state index contributed by atoms with van der Waals surface area (Å²) >= 11 is 0. The summed E-state index contributed by atoms with van der Waals surface area (Å²) in [5.41, 5.74) is 0.111. The Morgan fingerprint density at radius 2 is 2.00 bits per heavy atom. The van der Waals surface area contributed by atoms with Crippen LogP contribution in [-0.2, 0) is 19.6 Å². The van der Waals surface area contributed by atoms with Gasteiger partial charge in [0, 0.05) is 37.3 Å². The molecule has 3 N–H and O–H groups in total. The SMILES string of the molecule is CN(C)CC(=O)N1CCOC(CNc2ccc(S(=O)(=O)NC(=O)c3ccccc3Oc3cnc4[nH]ccc4c3)cc2[N+](=O)[O-])C1. The average Bonchev–Trinajstić information content (AvgIpc) is 3.48. The number of pyridine rings is 1.